The van der Waals surface area contributed by atoms with E-state index in [1.54, 1.807) is 67.3 Å². The quantitative estimate of drug-likeness (QED) is 0.180. The molecule has 11 nitrogen and oxygen atoms in total. The highest BCUT2D eigenvalue weighted by atomic mass is 32.2. The number of anilines is 1. The molecule has 49 heavy (non-hydrogen) atoms. The fourth-order valence-corrected chi connectivity index (χ4v) is 8.35. The van der Waals surface area contributed by atoms with Gasteiger partial charge in [-0.25, -0.2) is 20.8 Å². The number of carbonyl (C=O) groups excluding carboxylic acids is 3. The van der Waals surface area contributed by atoms with Crippen molar-refractivity contribution in [3.8, 4) is 0 Å². The third kappa shape index (κ3) is 6.46. The summed E-state index contributed by atoms with van der Waals surface area (Å²) in [6.07, 6.45) is 1.07. The Bertz CT molecular complexity index is 2300. The average Bonchev–Trinajstić information content (AvgIpc) is 3.49. The van der Waals surface area contributed by atoms with Crippen LogP contribution in [-0.2, 0) is 24.8 Å². The number of hydrogen-bond acceptors (Lipinski definition) is 7. The first-order valence-corrected chi connectivity index (χ1v) is 18.5. The number of amides is 2. The number of benzene rings is 4. The largest absolute Gasteiger partial charge is 0.335 e. The number of fused-ring (bicyclic) bond motifs is 1. The van der Waals surface area contributed by atoms with E-state index in [1.807, 2.05) is 13.0 Å². The highest BCUT2D eigenvalue weighted by molar-refractivity contribution is 7.92. The van der Waals surface area contributed by atoms with Crippen LogP contribution in [0.25, 0.3) is 10.9 Å². The van der Waals surface area contributed by atoms with Crippen molar-refractivity contribution in [2.24, 2.45) is 0 Å². The highest BCUT2D eigenvalue weighted by Gasteiger charge is 2.36. The molecule has 1 N–H and O–H groups in total. The van der Waals surface area contributed by atoms with Crippen LogP contribution >= 0.6 is 0 Å². The first-order valence-electron chi connectivity index (χ1n) is 15.5. The van der Waals surface area contributed by atoms with Crippen LogP contribution in [0.15, 0.2) is 113 Å². The molecule has 2 heterocycles. The summed E-state index contributed by atoms with van der Waals surface area (Å²) >= 11 is 0. The lowest BCUT2D eigenvalue weighted by atomic mass is 10.1. The molecule has 6 rings (SSSR count). The fraction of sp³-hybridized carbons (Fsp3) is 0.194. The molecular weight excluding hydrogens is 665 g/mol. The second kappa shape index (κ2) is 13.0. The number of para-hydroxylation sites is 1. The second-order valence-corrected chi connectivity index (χ2v) is 15.6. The van der Waals surface area contributed by atoms with Crippen LogP contribution in [0.3, 0.4) is 0 Å². The lowest BCUT2D eigenvalue weighted by molar-refractivity contribution is -0.130. The summed E-state index contributed by atoms with van der Waals surface area (Å²) in [5, 5.41) is 0.0729. The topological polar surface area (TPSA) is 143 Å². The molecule has 1 fully saturated rings. The van der Waals surface area contributed by atoms with Crippen LogP contribution < -0.4 is 4.72 Å². The number of nitrogens with one attached hydrogen (secondary N) is 1. The van der Waals surface area contributed by atoms with Gasteiger partial charge in [-0.2, -0.15) is 0 Å². The van der Waals surface area contributed by atoms with Gasteiger partial charge in [0, 0.05) is 42.8 Å². The zero-order valence-corrected chi connectivity index (χ0v) is 28.7. The maximum atomic E-state index is 14.1. The monoisotopic (exact) mass is 698 g/mol. The highest BCUT2D eigenvalue weighted by Crippen LogP contribution is 2.34. The molecule has 1 saturated heterocycles. The molecule has 2 amide bonds. The molecule has 0 saturated carbocycles. The summed E-state index contributed by atoms with van der Waals surface area (Å²) < 4.78 is 58.5. The molecule has 1 unspecified atom stereocenters. The van der Waals surface area contributed by atoms with Gasteiger partial charge in [-0.15, -0.1) is 0 Å². The Morgan fingerprint density at radius 1 is 0.735 bits per heavy atom. The van der Waals surface area contributed by atoms with Crippen molar-refractivity contribution >= 4 is 54.2 Å². The van der Waals surface area contributed by atoms with Gasteiger partial charge in [0.1, 0.15) is 0 Å². The van der Waals surface area contributed by atoms with Crippen molar-refractivity contribution in [3.05, 3.63) is 126 Å². The minimum atomic E-state index is -4.39. The molecule has 0 bridgehead atoms. The van der Waals surface area contributed by atoms with E-state index in [2.05, 4.69) is 4.72 Å². The summed E-state index contributed by atoms with van der Waals surface area (Å²) in [5.41, 5.74) is 1.78. The zero-order chi connectivity index (χ0) is 35.1. The number of ketones is 1. The number of sulfonamides is 1. The van der Waals surface area contributed by atoms with Crippen LogP contribution in [-0.4, -0.2) is 73.9 Å². The molecular formula is C36H34N4O7S2. The van der Waals surface area contributed by atoms with E-state index in [0.29, 0.717) is 5.56 Å². The number of rotatable bonds is 8. The normalized spacial score (nSPS) is 15.3. The van der Waals surface area contributed by atoms with Gasteiger partial charge in [0.25, 0.3) is 37.6 Å². The fourth-order valence-electron chi connectivity index (χ4n) is 5.90. The third-order valence-electron chi connectivity index (χ3n) is 8.58. The number of aryl methyl sites for hydroxylation is 2. The maximum Gasteiger partial charge on any atom is 0.295 e. The Morgan fingerprint density at radius 3 is 1.96 bits per heavy atom. The lowest BCUT2D eigenvalue weighted by Gasteiger charge is -2.39. The van der Waals surface area contributed by atoms with Crippen LogP contribution in [0.5, 0.6) is 0 Å². The lowest BCUT2D eigenvalue weighted by Crippen LogP contribution is -2.56. The van der Waals surface area contributed by atoms with Crippen molar-refractivity contribution < 1.29 is 31.2 Å². The molecule has 5 aromatic rings. The summed E-state index contributed by atoms with van der Waals surface area (Å²) in [6, 6.07) is 24.8. The van der Waals surface area contributed by atoms with Gasteiger partial charge in [-0.05, 0) is 63.2 Å². The van der Waals surface area contributed by atoms with Crippen molar-refractivity contribution in [2.75, 3.05) is 24.4 Å². The van der Waals surface area contributed by atoms with Crippen LogP contribution in [0, 0.1) is 13.8 Å². The first kappa shape index (κ1) is 33.6. The molecule has 1 aliphatic heterocycles. The summed E-state index contributed by atoms with van der Waals surface area (Å²) in [4.78, 5) is 43.7. The second-order valence-electron chi connectivity index (χ2n) is 12.1. The number of nitrogens with zero attached hydrogens (tertiary/aromatic N) is 3. The van der Waals surface area contributed by atoms with E-state index in [1.165, 1.54) is 47.4 Å². The van der Waals surface area contributed by atoms with Gasteiger partial charge in [0.05, 0.1) is 26.6 Å². The van der Waals surface area contributed by atoms with Gasteiger partial charge < -0.3 is 9.80 Å². The Balaban J connectivity index is 1.39. The first-order chi connectivity index (χ1) is 23.3. The van der Waals surface area contributed by atoms with E-state index < -0.39 is 37.8 Å². The number of piperazine rings is 1. The standard InChI is InChI=1S/C36H34N4O7S2/c1-24-12-16-28(17-13-24)48(44,45)37-32-11-7-10-30-31(23-40(33(30)32)49(46,47)29-18-14-25(2)15-19-29)34(41)36(43)39-21-20-38(22-26(39)3)35(42)27-8-5-4-6-9-27/h4-19,23,26,37H,20-22H2,1-3H3. The van der Waals surface area contributed by atoms with E-state index in [4.69, 9.17) is 0 Å². The minimum absolute atomic E-state index is 0.0417. The summed E-state index contributed by atoms with van der Waals surface area (Å²) in [7, 11) is -8.58. The molecule has 0 spiro atoms. The molecule has 1 aromatic heterocycles. The number of aromatic nitrogens is 1. The van der Waals surface area contributed by atoms with Crippen LogP contribution in [0.2, 0.25) is 0 Å². The van der Waals surface area contributed by atoms with Crippen LogP contribution in [0.1, 0.15) is 38.8 Å². The molecule has 1 aliphatic rings. The molecule has 252 valence electrons. The Morgan fingerprint density at radius 2 is 1.35 bits per heavy atom. The smallest absolute Gasteiger partial charge is 0.295 e. The average molecular weight is 699 g/mol. The Labute approximate surface area is 284 Å². The van der Waals surface area contributed by atoms with Crippen LogP contribution in [0.4, 0.5) is 5.69 Å². The Hall–Kier alpha value is -5.27. The molecule has 4 aromatic carbocycles. The number of hydrogen-bond donors (Lipinski definition) is 1. The van der Waals surface area contributed by atoms with Gasteiger partial charge >= 0.3 is 0 Å². The molecule has 0 radical (unpaired) electrons. The number of carbonyl (C=O) groups is 3. The molecule has 13 heteroatoms. The van der Waals surface area contributed by atoms with Crippen molar-refractivity contribution in [1.29, 1.82) is 0 Å². The van der Waals surface area contributed by atoms with E-state index >= 15 is 0 Å². The van der Waals surface area contributed by atoms with Gasteiger partial charge in [0.15, 0.2) is 0 Å². The zero-order valence-electron chi connectivity index (χ0n) is 27.0. The molecule has 1 atom stereocenters. The van der Waals surface area contributed by atoms with Gasteiger partial charge in [0.2, 0.25) is 0 Å². The van der Waals surface area contributed by atoms with Crippen molar-refractivity contribution in [3.63, 3.8) is 0 Å². The summed E-state index contributed by atoms with van der Waals surface area (Å²) in [5.74, 6) is -2.01. The van der Waals surface area contributed by atoms with E-state index in [-0.39, 0.29) is 57.5 Å². The van der Waals surface area contributed by atoms with E-state index in [0.717, 1.165) is 21.3 Å². The maximum absolute atomic E-state index is 14.1. The predicted molar refractivity (Wildman–Crippen MR) is 186 cm³/mol. The Kier molecular flexibility index (Phi) is 8.90. The molecule has 0 aliphatic carbocycles. The van der Waals surface area contributed by atoms with Crippen molar-refractivity contribution in [1.82, 2.24) is 13.8 Å². The predicted octanol–water partition coefficient (Wildman–Crippen LogP) is 4.85. The summed E-state index contributed by atoms with van der Waals surface area (Å²) in [6.45, 7) is 5.84. The van der Waals surface area contributed by atoms with Gasteiger partial charge in [-0.1, -0.05) is 65.7 Å². The minimum Gasteiger partial charge on any atom is -0.335 e. The van der Waals surface area contributed by atoms with Gasteiger partial charge in [-0.3, -0.25) is 19.1 Å². The third-order valence-corrected chi connectivity index (χ3v) is 11.6. The SMILES string of the molecule is Cc1ccc(S(=O)(=O)Nc2cccc3c(C(=O)C(=O)N4CCN(C(=O)c5ccccc5)CC4C)cn(S(=O)(=O)c4ccc(C)cc4)c23)cc1. The van der Waals surface area contributed by atoms with Crippen molar-refractivity contribution in [2.45, 2.75) is 36.6 Å². The van der Waals surface area contributed by atoms with E-state index in [9.17, 15) is 31.2 Å². The number of Topliss-reactive ketones (excluding diaryl/α,β-unsaturated/α-hetero) is 1.